The molecule has 1 atom stereocenters. The molecule has 0 saturated heterocycles. The monoisotopic (exact) mass is 445 g/mol. The lowest BCUT2D eigenvalue weighted by atomic mass is 9.48. The van der Waals surface area contributed by atoms with E-state index in [9.17, 15) is 4.79 Å². The summed E-state index contributed by atoms with van der Waals surface area (Å²) < 4.78 is 10.8. The minimum Gasteiger partial charge on any atom is -0.503 e. The second-order valence-corrected chi connectivity index (χ2v) is 10.1. The molecule has 7 radical (unpaired) electrons. The summed E-state index contributed by atoms with van der Waals surface area (Å²) >= 11 is 0. The minimum absolute atomic E-state index is 0.0206. The number of aliphatic hydroxyl groups excluding tert-OH is 1. The highest BCUT2D eigenvalue weighted by Crippen LogP contribution is 2.33. The van der Waals surface area contributed by atoms with E-state index in [2.05, 4.69) is 42.1 Å². The molecule has 0 saturated carbocycles. The number of hydrogen-bond acceptors (Lipinski definition) is 5. The Balaban J connectivity index is 0.000000258. The summed E-state index contributed by atoms with van der Waals surface area (Å²) in [4.78, 5) is 12.2. The zero-order valence-electron chi connectivity index (χ0n) is 18.9. The van der Waals surface area contributed by atoms with Crippen LogP contribution in [0, 0.1) is 0 Å². The van der Waals surface area contributed by atoms with Crippen LogP contribution < -0.4 is 5.46 Å². The van der Waals surface area contributed by atoms with Crippen molar-refractivity contribution in [3.63, 3.8) is 0 Å². The molecule has 6 nitrogen and oxygen atoms in total. The van der Waals surface area contributed by atoms with Crippen molar-refractivity contribution in [2.75, 3.05) is 6.54 Å². The second kappa shape index (κ2) is 10.4. The first-order valence-corrected chi connectivity index (χ1v) is 10.7. The summed E-state index contributed by atoms with van der Waals surface area (Å²) in [5, 5.41) is 11.2. The molecule has 1 aliphatic heterocycles. The second-order valence-electron chi connectivity index (χ2n) is 8.70. The van der Waals surface area contributed by atoms with Crippen LogP contribution in [-0.4, -0.2) is 74.6 Å². The quantitative estimate of drug-likeness (QED) is 0.543. The maximum atomic E-state index is 11.1. The SMILES string of the molecule is CC(C)(P)C(C)(C)O[B]c1cccc(-c2ccon2)c1.[B]C([B])([B])N1CCC=C(O)C1=O. The highest BCUT2D eigenvalue weighted by atomic mass is 31.0. The molecule has 0 bridgehead atoms. The third-order valence-corrected chi connectivity index (χ3v) is 5.98. The number of rotatable bonds is 6. The van der Waals surface area contributed by atoms with Gasteiger partial charge in [-0.05, 0) is 26.3 Å². The van der Waals surface area contributed by atoms with Gasteiger partial charge >= 0.3 is 7.48 Å². The summed E-state index contributed by atoms with van der Waals surface area (Å²) in [6, 6.07) is 9.87. The maximum Gasteiger partial charge on any atom is 0.330 e. The molecule has 11 heteroatoms. The van der Waals surface area contributed by atoms with Crippen LogP contribution >= 0.6 is 9.24 Å². The number of aliphatic hydroxyl groups is 1. The molecule has 1 aliphatic rings. The summed E-state index contributed by atoms with van der Waals surface area (Å²) in [5.41, 5.74) is 2.57. The van der Waals surface area contributed by atoms with E-state index in [0.29, 0.717) is 13.0 Å². The van der Waals surface area contributed by atoms with E-state index in [0.717, 1.165) is 21.6 Å². The molecule has 1 N–H and O–H groups in total. The van der Waals surface area contributed by atoms with Crippen molar-refractivity contribution < 1.29 is 19.1 Å². The fourth-order valence-corrected chi connectivity index (χ4v) is 2.60. The fourth-order valence-electron chi connectivity index (χ4n) is 2.53. The van der Waals surface area contributed by atoms with Crippen molar-refractivity contribution in [2.24, 2.45) is 0 Å². The normalized spacial score (nSPS) is 15.0. The van der Waals surface area contributed by atoms with E-state index in [1.54, 1.807) is 13.7 Å². The van der Waals surface area contributed by atoms with E-state index < -0.39 is 11.1 Å². The molecule has 2 heterocycles. The summed E-state index contributed by atoms with van der Waals surface area (Å²) in [6.07, 6.45) is 3.48. The molecule has 1 aromatic heterocycles. The molecule has 1 aromatic carbocycles. The van der Waals surface area contributed by atoms with E-state index in [4.69, 9.17) is 37.8 Å². The summed E-state index contributed by atoms with van der Waals surface area (Å²) in [6.45, 7) is 8.76. The highest BCUT2D eigenvalue weighted by Gasteiger charge is 2.33. The molecule has 2 aromatic rings. The van der Waals surface area contributed by atoms with E-state index in [1.807, 2.05) is 30.3 Å². The largest absolute Gasteiger partial charge is 0.503 e. The Morgan fingerprint density at radius 2 is 1.91 bits per heavy atom. The van der Waals surface area contributed by atoms with Crippen LogP contribution in [0.5, 0.6) is 0 Å². The smallest absolute Gasteiger partial charge is 0.330 e. The van der Waals surface area contributed by atoms with Gasteiger partial charge < -0.3 is 19.2 Å². The van der Waals surface area contributed by atoms with Crippen LogP contribution in [0.2, 0.25) is 0 Å². The third kappa shape index (κ3) is 7.05. The molecule has 1 amide bonds. The maximum absolute atomic E-state index is 11.1. The molecular formula is C21H26B4N2O4P. The van der Waals surface area contributed by atoms with Crippen molar-refractivity contribution >= 4 is 51.6 Å². The highest BCUT2D eigenvalue weighted by molar-refractivity contribution is 7.19. The van der Waals surface area contributed by atoms with Crippen LogP contribution in [0.4, 0.5) is 0 Å². The number of benzene rings is 1. The zero-order valence-corrected chi connectivity index (χ0v) is 20.1. The zero-order chi connectivity index (χ0) is 24.2. The Morgan fingerprint density at radius 1 is 1.22 bits per heavy atom. The molecular weight excluding hydrogens is 418 g/mol. The van der Waals surface area contributed by atoms with Crippen LogP contribution in [-0.2, 0) is 9.45 Å². The van der Waals surface area contributed by atoms with Gasteiger partial charge in [0.15, 0.2) is 5.76 Å². The first kappa shape index (κ1) is 26.3. The van der Waals surface area contributed by atoms with Gasteiger partial charge in [0.2, 0.25) is 0 Å². The van der Waals surface area contributed by atoms with E-state index >= 15 is 0 Å². The predicted molar refractivity (Wildman–Crippen MR) is 133 cm³/mol. The van der Waals surface area contributed by atoms with Crippen molar-refractivity contribution in [2.45, 2.75) is 50.1 Å². The number of amides is 1. The van der Waals surface area contributed by atoms with Crippen molar-refractivity contribution in [3.8, 4) is 11.3 Å². The molecule has 0 fully saturated rings. The topological polar surface area (TPSA) is 75.8 Å². The van der Waals surface area contributed by atoms with Gasteiger partial charge in [-0.25, -0.2) is 0 Å². The van der Waals surface area contributed by atoms with Gasteiger partial charge in [0.1, 0.15) is 12.0 Å². The average Bonchev–Trinajstić information content (AvgIpc) is 3.22. The average molecular weight is 445 g/mol. The lowest BCUT2D eigenvalue weighted by Crippen LogP contribution is -2.55. The first-order chi connectivity index (χ1) is 14.7. The standard InChI is InChI=1S/C15H20BNO2P.C6H6B3NO2/c1-14(2,15(3,4)20)19-16-12-7-5-6-11(10-12)13-8-9-18-17-13;7-6(8,9)10-3-1-2-4(11)5(10)12/h5-10H,20H2,1-4H3;2,11H,1,3H2. The Morgan fingerprint density at radius 3 is 2.44 bits per heavy atom. The minimum atomic E-state index is -1.70. The van der Waals surface area contributed by atoms with Crippen molar-refractivity contribution in [1.29, 1.82) is 0 Å². The van der Waals surface area contributed by atoms with Gasteiger partial charge in [-0.15, -0.1) is 9.24 Å². The Kier molecular flexibility index (Phi) is 8.52. The van der Waals surface area contributed by atoms with E-state index in [1.165, 1.54) is 6.08 Å². The van der Waals surface area contributed by atoms with Gasteiger partial charge in [-0.2, -0.15) is 0 Å². The van der Waals surface area contributed by atoms with Crippen LogP contribution in [0.15, 0.2) is 53.0 Å². The molecule has 3 rings (SSSR count). The molecule has 1 unspecified atom stereocenters. The summed E-state index contributed by atoms with van der Waals surface area (Å²) in [7, 11) is 20.5. The fraction of sp³-hybridized carbons (Fsp3) is 0.429. The van der Waals surface area contributed by atoms with Crippen LogP contribution in [0.3, 0.4) is 0 Å². The molecule has 161 valence electrons. The van der Waals surface area contributed by atoms with Crippen LogP contribution in [0.25, 0.3) is 11.3 Å². The van der Waals surface area contributed by atoms with Gasteiger partial charge in [0, 0.05) is 23.3 Å². The van der Waals surface area contributed by atoms with Crippen molar-refractivity contribution in [1.82, 2.24) is 10.1 Å². The first-order valence-electron chi connectivity index (χ1n) is 10.1. The molecule has 0 spiro atoms. The number of nitrogens with zero attached hydrogens (tertiary/aromatic N) is 2. The lowest BCUT2D eigenvalue weighted by molar-refractivity contribution is -0.131. The van der Waals surface area contributed by atoms with Crippen molar-refractivity contribution in [3.05, 3.63) is 48.4 Å². The summed E-state index contributed by atoms with van der Waals surface area (Å²) in [5.74, 6) is -0.985. The Hall–Kier alpha value is -1.91. The third-order valence-electron chi connectivity index (χ3n) is 5.28. The molecule has 32 heavy (non-hydrogen) atoms. The number of carbonyl (C=O) groups is 1. The Bertz CT molecular complexity index is 938. The number of hydrogen-bond donors (Lipinski definition) is 1. The lowest BCUT2D eigenvalue weighted by Gasteiger charge is -2.39. The van der Waals surface area contributed by atoms with Gasteiger partial charge in [0.05, 0.1) is 29.1 Å². The van der Waals surface area contributed by atoms with Gasteiger partial charge in [0.25, 0.3) is 5.91 Å². The van der Waals surface area contributed by atoms with E-state index in [-0.39, 0.29) is 16.5 Å². The van der Waals surface area contributed by atoms with Gasteiger partial charge in [-0.3, -0.25) is 4.79 Å². The van der Waals surface area contributed by atoms with Crippen LogP contribution in [0.1, 0.15) is 34.1 Å². The van der Waals surface area contributed by atoms with Gasteiger partial charge in [-0.1, -0.05) is 54.0 Å². The Labute approximate surface area is 197 Å². The number of carbonyl (C=O) groups excluding carboxylic acids is 1. The predicted octanol–water partition coefficient (Wildman–Crippen LogP) is 1.81. The molecule has 0 aliphatic carbocycles. The number of aromatic nitrogens is 1.